The molecule has 0 unspecified atom stereocenters. The molecule has 0 bridgehead atoms. The molecule has 0 atom stereocenters. The van der Waals surface area contributed by atoms with E-state index in [0.29, 0.717) is 19.5 Å². The first-order valence-electron chi connectivity index (χ1n) is 10.2. The van der Waals surface area contributed by atoms with Crippen molar-refractivity contribution in [3.05, 3.63) is 35.9 Å². The molecule has 0 aromatic heterocycles. The number of nitrogens with zero attached hydrogens (tertiary/aromatic N) is 3. The molecule has 0 saturated carbocycles. The largest absolute Gasteiger partial charge is 0.357 e. The van der Waals surface area contributed by atoms with Crippen LogP contribution >= 0.6 is 24.0 Å². The van der Waals surface area contributed by atoms with Gasteiger partial charge in [-0.1, -0.05) is 36.8 Å². The van der Waals surface area contributed by atoms with E-state index in [0.717, 1.165) is 31.2 Å². The molecule has 1 saturated heterocycles. The second-order valence-electron chi connectivity index (χ2n) is 7.08. The number of guanidine groups is 1. The molecular weight excluding hydrogens is 465 g/mol. The number of aliphatic imine (C=N–C) groups is 1. The highest BCUT2D eigenvalue weighted by Crippen LogP contribution is 2.07. The molecule has 0 aliphatic carbocycles. The number of piperidine rings is 1. The Bertz CT molecular complexity index is 575. The van der Waals surface area contributed by atoms with Gasteiger partial charge in [0.25, 0.3) is 0 Å². The van der Waals surface area contributed by atoms with Crippen LogP contribution in [0.25, 0.3) is 0 Å². The van der Waals surface area contributed by atoms with Gasteiger partial charge in [0.2, 0.25) is 5.91 Å². The Balaban J connectivity index is 0.00000392. The summed E-state index contributed by atoms with van der Waals surface area (Å²) in [6.45, 7) is 8.30. The zero-order valence-corrected chi connectivity index (χ0v) is 19.7. The molecule has 0 spiro atoms. The Kier molecular flexibility index (Phi) is 12.9. The van der Waals surface area contributed by atoms with Gasteiger partial charge in [-0.15, -0.1) is 24.0 Å². The number of hydrogen-bond acceptors (Lipinski definition) is 3. The lowest BCUT2D eigenvalue weighted by atomic mass is 10.1. The van der Waals surface area contributed by atoms with E-state index < -0.39 is 0 Å². The van der Waals surface area contributed by atoms with Gasteiger partial charge in [-0.25, -0.2) is 0 Å². The predicted octanol–water partition coefficient (Wildman–Crippen LogP) is 2.69. The molecule has 6 nitrogen and oxygen atoms in total. The lowest BCUT2D eigenvalue weighted by Gasteiger charge is -2.25. The lowest BCUT2D eigenvalue weighted by molar-refractivity contribution is -0.130. The molecule has 2 N–H and O–H groups in total. The van der Waals surface area contributed by atoms with Crippen LogP contribution < -0.4 is 10.6 Å². The van der Waals surface area contributed by atoms with Gasteiger partial charge in [0, 0.05) is 39.6 Å². The van der Waals surface area contributed by atoms with Crippen LogP contribution in [0.2, 0.25) is 0 Å². The molecule has 1 heterocycles. The van der Waals surface area contributed by atoms with E-state index in [1.807, 2.05) is 37.4 Å². The molecule has 1 aliphatic rings. The van der Waals surface area contributed by atoms with Gasteiger partial charge in [0.05, 0.1) is 6.54 Å². The predicted molar refractivity (Wildman–Crippen MR) is 127 cm³/mol. The van der Waals surface area contributed by atoms with Gasteiger partial charge < -0.3 is 20.4 Å². The van der Waals surface area contributed by atoms with Crippen LogP contribution in [0.4, 0.5) is 0 Å². The Labute approximate surface area is 187 Å². The fourth-order valence-corrected chi connectivity index (χ4v) is 3.25. The Morgan fingerprint density at radius 1 is 1.14 bits per heavy atom. The van der Waals surface area contributed by atoms with Gasteiger partial charge >= 0.3 is 0 Å². The molecule has 158 valence electrons. The summed E-state index contributed by atoms with van der Waals surface area (Å²) in [5.41, 5.74) is 1.15. The van der Waals surface area contributed by atoms with Crippen molar-refractivity contribution in [2.45, 2.75) is 39.2 Å². The van der Waals surface area contributed by atoms with Crippen molar-refractivity contribution in [1.82, 2.24) is 20.4 Å². The summed E-state index contributed by atoms with van der Waals surface area (Å²) >= 11 is 0. The molecule has 28 heavy (non-hydrogen) atoms. The number of carbonyl (C=O) groups excluding carboxylic acids is 1. The molecule has 1 aromatic rings. The SMILES string of the molecule is CCNC(=NCCN1CCCCC1)NCCC(=O)N(C)Cc1ccccc1.I. The van der Waals surface area contributed by atoms with E-state index in [1.165, 1.54) is 32.4 Å². The van der Waals surface area contributed by atoms with E-state index in [4.69, 9.17) is 0 Å². The first kappa shape index (κ1) is 24.7. The number of rotatable bonds is 9. The fourth-order valence-electron chi connectivity index (χ4n) is 3.25. The summed E-state index contributed by atoms with van der Waals surface area (Å²) < 4.78 is 0. The van der Waals surface area contributed by atoms with E-state index in [9.17, 15) is 4.79 Å². The molecule has 1 amide bonds. The van der Waals surface area contributed by atoms with Crippen LogP contribution in [-0.2, 0) is 11.3 Å². The average molecular weight is 501 g/mol. The maximum absolute atomic E-state index is 12.3. The number of nitrogens with one attached hydrogen (secondary N) is 2. The highest BCUT2D eigenvalue weighted by molar-refractivity contribution is 14.0. The molecule has 1 fully saturated rings. The topological polar surface area (TPSA) is 60.0 Å². The number of benzene rings is 1. The molecule has 1 aromatic carbocycles. The van der Waals surface area contributed by atoms with Crippen molar-refractivity contribution >= 4 is 35.8 Å². The Morgan fingerprint density at radius 3 is 2.54 bits per heavy atom. The Hall–Kier alpha value is -1.35. The van der Waals surface area contributed by atoms with Crippen LogP contribution in [0.1, 0.15) is 38.2 Å². The summed E-state index contributed by atoms with van der Waals surface area (Å²) in [7, 11) is 1.85. The quantitative estimate of drug-likeness (QED) is 0.311. The number of halogens is 1. The second-order valence-corrected chi connectivity index (χ2v) is 7.08. The van der Waals surface area contributed by atoms with Gasteiger partial charge in [-0.3, -0.25) is 9.79 Å². The standard InChI is InChI=1S/C21H35N5O.HI/c1-3-22-21(24-14-17-26-15-8-5-9-16-26)23-13-12-20(27)25(2)18-19-10-6-4-7-11-19;/h4,6-7,10-11H,3,5,8-9,12-18H2,1-2H3,(H2,22,23,24);1H. The highest BCUT2D eigenvalue weighted by atomic mass is 127. The van der Waals surface area contributed by atoms with Crippen LogP contribution in [-0.4, -0.2) is 68.0 Å². The summed E-state index contributed by atoms with van der Waals surface area (Å²) in [5.74, 6) is 0.934. The maximum atomic E-state index is 12.3. The first-order valence-corrected chi connectivity index (χ1v) is 10.2. The van der Waals surface area contributed by atoms with Crippen LogP contribution in [0, 0.1) is 0 Å². The van der Waals surface area contributed by atoms with Gasteiger partial charge in [-0.2, -0.15) is 0 Å². The summed E-state index contributed by atoms with van der Waals surface area (Å²) in [6, 6.07) is 10.1. The highest BCUT2D eigenvalue weighted by Gasteiger charge is 2.10. The fraction of sp³-hybridized carbons (Fsp3) is 0.619. The number of likely N-dealkylation sites (tertiary alicyclic amines) is 1. The van der Waals surface area contributed by atoms with Crippen molar-refractivity contribution in [3.63, 3.8) is 0 Å². The zero-order chi connectivity index (χ0) is 19.3. The van der Waals surface area contributed by atoms with Gasteiger partial charge in [0.15, 0.2) is 5.96 Å². The Morgan fingerprint density at radius 2 is 1.86 bits per heavy atom. The smallest absolute Gasteiger partial charge is 0.224 e. The van der Waals surface area contributed by atoms with Crippen molar-refractivity contribution in [3.8, 4) is 0 Å². The maximum Gasteiger partial charge on any atom is 0.224 e. The summed E-state index contributed by atoms with van der Waals surface area (Å²) in [5, 5.41) is 6.54. The third kappa shape index (κ3) is 9.73. The van der Waals surface area contributed by atoms with Gasteiger partial charge in [0.1, 0.15) is 0 Å². The van der Waals surface area contributed by atoms with E-state index in [2.05, 4.69) is 27.4 Å². The van der Waals surface area contributed by atoms with E-state index in [1.54, 1.807) is 4.90 Å². The molecule has 0 radical (unpaired) electrons. The van der Waals surface area contributed by atoms with Crippen LogP contribution in [0.3, 0.4) is 0 Å². The lowest BCUT2D eigenvalue weighted by Crippen LogP contribution is -2.40. The molecular formula is C21H36IN5O. The summed E-state index contributed by atoms with van der Waals surface area (Å²) in [6.07, 6.45) is 4.43. The van der Waals surface area contributed by atoms with Gasteiger partial charge in [-0.05, 0) is 38.4 Å². The van der Waals surface area contributed by atoms with E-state index >= 15 is 0 Å². The number of amides is 1. The van der Waals surface area contributed by atoms with Crippen LogP contribution in [0.15, 0.2) is 35.3 Å². The van der Waals surface area contributed by atoms with Crippen molar-refractivity contribution in [1.29, 1.82) is 0 Å². The van der Waals surface area contributed by atoms with E-state index in [-0.39, 0.29) is 29.9 Å². The number of hydrogen-bond donors (Lipinski definition) is 2. The first-order chi connectivity index (χ1) is 13.2. The third-order valence-electron chi connectivity index (χ3n) is 4.80. The minimum absolute atomic E-state index is 0. The molecule has 7 heteroatoms. The number of carbonyl (C=O) groups is 1. The van der Waals surface area contributed by atoms with Crippen LogP contribution in [0.5, 0.6) is 0 Å². The normalized spacial score (nSPS) is 14.9. The second kappa shape index (κ2) is 14.6. The summed E-state index contributed by atoms with van der Waals surface area (Å²) in [4.78, 5) is 21.2. The van der Waals surface area contributed by atoms with Crippen molar-refractivity contribution < 1.29 is 4.79 Å². The van der Waals surface area contributed by atoms with Crippen molar-refractivity contribution in [2.24, 2.45) is 4.99 Å². The average Bonchev–Trinajstić information content (AvgIpc) is 2.69. The zero-order valence-electron chi connectivity index (χ0n) is 17.3. The monoisotopic (exact) mass is 501 g/mol. The minimum Gasteiger partial charge on any atom is -0.357 e. The third-order valence-corrected chi connectivity index (χ3v) is 4.80. The molecule has 2 rings (SSSR count). The molecule has 1 aliphatic heterocycles. The minimum atomic E-state index is 0. The van der Waals surface area contributed by atoms with Crippen molar-refractivity contribution in [2.75, 3.05) is 46.3 Å².